The van der Waals surface area contributed by atoms with E-state index in [2.05, 4.69) is 16.9 Å². The smallest absolute Gasteiger partial charge is 0.247 e. The molecule has 1 unspecified atom stereocenters. The number of rotatable bonds is 6. The van der Waals surface area contributed by atoms with Crippen LogP contribution in [0.3, 0.4) is 0 Å². The van der Waals surface area contributed by atoms with Crippen LogP contribution in [0.15, 0.2) is 61.4 Å². The van der Waals surface area contributed by atoms with Gasteiger partial charge < -0.3 is 10.2 Å². The van der Waals surface area contributed by atoms with Crippen molar-refractivity contribution in [3.05, 3.63) is 77.6 Å². The number of hydrogen-bond donors (Lipinski definition) is 1. The average molecular weight is 386 g/mol. The van der Waals surface area contributed by atoms with Crippen LogP contribution in [0.25, 0.3) is 0 Å². The molecule has 0 aliphatic rings. The van der Waals surface area contributed by atoms with E-state index in [0.29, 0.717) is 10.6 Å². The summed E-state index contributed by atoms with van der Waals surface area (Å²) in [4.78, 5) is 31.3. The Bertz CT molecular complexity index is 816. The third-order valence-electron chi connectivity index (χ3n) is 3.81. The Hall–Kier alpha value is -2.66. The van der Waals surface area contributed by atoms with Crippen LogP contribution in [0.1, 0.15) is 37.9 Å². The molecule has 1 aromatic carbocycles. The summed E-state index contributed by atoms with van der Waals surface area (Å²) in [7, 11) is 0. The highest BCUT2D eigenvalue weighted by molar-refractivity contribution is 6.31. The maximum absolute atomic E-state index is 13.1. The summed E-state index contributed by atoms with van der Waals surface area (Å²) >= 11 is 6.28. The standard InChI is InChI=1S/C21H24ClN3O2/c1-5-18(26)25(14-16-9-6-7-11-17(16)22)19(15-10-8-12-23-13-15)20(27)24-21(2,3)4/h5-13,19H,1,14H2,2-4H3,(H,24,27). The van der Waals surface area contributed by atoms with Crippen molar-refractivity contribution >= 4 is 23.4 Å². The van der Waals surface area contributed by atoms with Gasteiger partial charge in [-0.05, 0) is 44.5 Å². The Kier molecular flexibility index (Phi) is 6.75. The zero-order valence-electron chi connectivity index (χ0n) is 15.8. The molecule has 6 heteroatoms. The zero-order chi connectivity index (χ0) is 20.0. The van der Waals surface area contributed by atoms with E-state index in [1.807, 2.05) is 39.0 Å². The molecule has 2 amide bonds. The van der Waals surface area contributed by atoms with Crippen molar-refractivity contribution in [3.8, 4) is 0 Å². The number of carbonyl (C=O) groups is 2. The first-order valence-electron chi connectivity index (χ1n) is 8.61. The third-order valence-corrected chi connectivity index (χ3v) is 4.18. The van der Waals surface area contributed by atoms with Gasteiger partial charge in [0.25, 0.3) is 0 Å². The first-order valence-corrected chi connectivity index (χ1v) is 8.99. The molecule has 1 N–H and O–H groups in total. The number of hydrogen-bond acceptors (Lipinski definition) is 3. The van der Waals surface area contributed by atoms with Gasteiger partial charge in [0.15, 0.2) is 0 Å². The van der Waals surface area contributed by atoms with Gasteiger partial charge in [-0.3, -0.25) is 14.6 Å². The summed E-state index contributed by atoms with van der Waals surface area (Å²) in [5, 5.41) is 3.48. The SMILES string of the molecule is C=CC(=O)N(Cc1ccccc1Cl)C(C(=O)NC(C)(C)C)c1cccnc1. The normalized spacial score (nSPS) is 12.1. The van der Waals surface area contributed by atoms with E-state index < -0.39 is 11.6 Å². The van der Waals surface area contributed by atoms with Crippen LogP contribution < -0.4 is 5.32 Å². The summed E-state index contributed by atoms with van der Waals surface area (Å²) in [5.74, 6) is -0.661. The molecule has 2 rings (SSSR count). The molecule has 0 saturated carbocycles. The minimum atomic E-state index is -0.861. The van der Waals surface area contributed by atoms with Gasteiger partial charge >= 0.3 is 0 Å². The molecule has 0 bridgehead atoms. The molecular formula is C21H24ClN3O2. The van der Waals surface area contributed by atoms with Crippen LogP contribution >= 0.6 is 11.6 Å². The summed E-state index contributed by atoms with van der Waals surface area (Å²) in [6.45, 7) is 9.42. The molecule has 0 radical (unpaired) electrons. The number of aromatic nitrogens is 1. The Morgan fingerprint density at radius 1 is 1.26 bits per heavy atom. The highest BCUT2D eigenvalue weighted by atomic mass is 35.5. The lowest BCUT2D eigenvalue weighted by Crippen LogP contribution is -2.48. The summed E-state index contributed by atoms with van der Waals surface area (Å²) in [6, 6.07) is 9.88. The second-order valence-corrected chi connectivity index (χ2v) is 7.60. The molecule has 1 atom stereocenters. The van der Waals surface area contributed by atoms with E-state index in [4.69, 9.17) is 11.6 Å². The lowest BCUT2D eigenvalue weighted by molar-refractivity contribution is -0.139. The number of pyridine rings is 1. The predicted molar refractivity (Wildman–Crippen MR) is 107 cm³/mol. The van der Waals surface area contributed by atoms with E-state index in [-0.39, 0.29) is 18.4 Å². The lowest BCUT2D eigenvalue weighted by Gasteiger charge is -2.33. The first kappa shape index (κ1) is 20.6. The van der Waals surface area contributed by atoms with E-state index in [1.54, 1.807) is 30.6 Å². The van der Waals surface area contributed by atoms with Crippen LogP contribution in [0, 0.1) is 0 Å². The monoisotopic (exact) mass is 385 g/mol. The minimum Gasteiger partial charge on any atom is -0.349 e. The molecular weight excluding hydrogens is 362 g/mol. The Labute approximate surface area is 165 Å². The molecule has 2 aromatic rings. The maximum atomic E-state index is 13.1. The van der Waals surface area contributed by atoms with Crippen molar-refractivity contribution in [2.24, 2.45) is 0 Å². The van der Waals surface area contributed by atoms with Crippen LogP contribution in [-0.2, 0) is 16.1 Å². The zero-order valence-corrected chi connectivity index (χ0v) is 16.5. The second-order valence-electron chi connectivity index (χ2n) is 7.19. The van der Waals surface area contributed by atoms with Crippen molar-refractivity contribution in [1.82, 2.24) is 15.2 Å². The summed E-state index contributed by atoms with van der Waals surface area (Å²) in [6.07, 6.45) is 4.41. The number of benzene rings is 1. The van der Waals surface area contributed by atoms with Crippen molar-refractivity contribution in [3.63, 3.8) is 0 Å². The van der Waals surface area contributed by atoms with Gasteiger partial charge in [0.2, 0.25) is 11.8 Å². The topological polar surface area (TPSA) is 62.3 Å². The Morgan fingerprint density at radius 3 is 2.52 bits per heavy atom. The maximum Gasteiger partial charge on any atom is 0.247 e. The Balaban J connectivity index is 2.49. The molecule has 142 valence electrons. The minimum absolute atomic E-state index is 0.168. The number of nitrogens with zero attached hydrogens (tertiary/aromatic N) is 2. The Morgan fingerprint density at radius 2 is 1.96 bits per heavy atom. The van der Waals surface area contributed by atoms with E-state index in [0.717, 1.165) is 5.56 Å². The fraction of sp³-hybridized carbons (Fsp3) is 0.286. The van der Waals surface area contributed by atoms with Crippen LogP contribution in [0.5, 0.6) is 0 Å². The highest BCUT2D eigenvalue weighted by Crippen LogP contribution is 2.26. The van der Waals surface area contributed by atoms with Gasteiger partial charge in [-0.1, -0.05) is 42.4 Å². The van der Waals surface area contributed by atoms with Crippen molar-refractivity contribution < 1.29 is 9.59 Å². The molecule has 5 nitrogen and oxygen atoms in total. The van der Waals surface area contributed by atoms with Crippen molar-refractivity contribution in [2.75, 3.05) is 0 Å². The van der Waals surface area contributed by atoms with Gasteiger partial charge in [-0.25, -0.2) is 0 Å². The number of halogens is 1. The highest BCUT2D eigenvalue weighted by Gasteiger charge is 2.32. The third kappa shape index (κ3) is 5.66. The van der Waals surface area contributed by atoms with E-state index in [1.165, 1.54) is 11.0 Å². The first-order chi connectivity index (χ1) is 12.7. The quantitative estimate of drug-likeness (QED) is 0.767. The summed E-state index contributed by atoms with van der Waals surface area (Å²) in [5.41, 5.74) is 0.901. The average Bonchev–Trinajstić information content (AvgIpc) is 2.61. The molecule has 0 aliphatic heterocycles. The second kappa shape index (κ2) is 8.82. The van der Waals surface area contributed by atoms with Gasteiger partial charge in [0.1, 0.15) is 6.04 Å². The fourth-order valence-corrected chi connectivity index (χ4v) is 2.87. The molecule has 27 heavy (non-hydrogen) atoms. The number of carbonyl (C=O) groups excluding carboxylic acids is 2. The van der Waals surface area contributed by atoms with E-state index >= 15 is 0 Å². The number of amides is 2. The molecule has 0 spiro atoms. The van der Waals surface area contributed by atoms with Crippen LogP contribution in [-0.4, -0.2) is 27.2 Å². The molecule has 0 aliphatic carbocycles. The lowest BCUT2D eigenvalue weighted by atomic mass is 10.0. The van der Waals surface area contributed by atoms with Crippen LogP contribution in [0.4, 0.5) is 0 Å². The van der Waals surface area contributed by atoms with E-state index in [9.17, 15) is 9.59 Å². The van der Waals surface area contributed by atoms with Gasteiger partial charge in [-0.2, -0.15) is 0 Å². The fourth-order valence-electron chi connectivity index (χ4n) is 2.67. The van der Waals surface area contributed by atoms with Crippen molar-refractivity contribution in [2.45, 2.75) is 38.9 Å². The molecule has 1 aromatic heterocycles. The molecule has 0 fully saturated rings. The predicted octanol–water partition coefficient (Wildman–Crippen LogP) is 3.91. The number of nitrogens with one attached hydrogen (secondary N) is 1. The molecule has 0 saturated heterocycles. The van der Waals surface area contributed by atoms with Crippen LogP contribution in [0.2, 0.25) is 5.02 Å². The van der Waals surface area contributed by atoms with Gasteiger partial charge in [0, 0.05) is 35.1 Å². The largest absolute Gasteiger partial charge is 0.349 e. The van der Waals surface area contributed by atoms with Crippen molar-refractivity contribution in [1.29, 1.82) is 0 Å². The van der Waals surface area contributed by atoms with Gasteiger partial charge in [0.05, 0.1) is 0 Å². The summed E-state index contributed by atoms with van der Waals surface area (Å²) < 4.78 is 0. The molecule has 1 heterocycles. The van der Waals surface area contributed by atoms with Gasteiger partial charge in [-0.15, -0.1) is 0 Å².